The van der Waals surface area contributed by atoms with Crippen molar-refractivity contribution in [3.8, 4) is 0 Å². The van der Waals surface area contributed by atoms with Crippen LogP contribution in [-0.2, 0) is 18.2 Å². The Morgan fingerprint density at radius 1 is 1.39 bits per heavy atom. The van der Waals surface area contributed by atoms with Gasteiger partial charge in [-0.05, 0) is 12.3 Å². The van der Waals surface area contributed by atoms with E-state index in [9.17, 15) is 10.1 Å². The van der Waals surface area contributed by atoms with Gasteiger partial charge in [0.1, 0.15) is 5.69 Å². The van der Waals surface area contributed by atoms with Crippen molar-refractivity contribution in [1.29, 1.82) is 0 Å². The maximum absolute atomic E-state index is 11.4. The van der Waals surface area contributed by atoms with Gasteiger partial charge >= 0.3 is 5.69 Å². The van der Waals surface area contributed by atoms with E-state index in [0.717, 1.165) is 26.3 Å². The molecule has 2 rings (SSSR count). The van der Waals surface area contributed by atoms with Crippen LogP contribution >= 0.6 is 0 Å². The van der Waals surface area contributed by atoms with E-state index in [4.69, 9.17) is 4.74 Å². The van der Waals surface area contributed by atoms with Crippen molar-refractivity contribution in [1.82, 2.24) is 14.7 Å². The molecule has 1 aliphatic rings. The fourth-order valence-corrected chi connectivity index (χ4v) is 3.09. The smallest absolute Gasteiger partial charge is 0.333 e. The zero-order valence-corrected chi connectivity index (χ0v) is 14.4. The molecule has 1 unspecified atom stereocenters. The lowest BCUT2D eigenvalue weighted by atomic mass is 10.0. The number of hydrogen-bond acceptors (Lipinski definition) is 6. The van der Waals surface area contributed by atoms with Gasteiger partial charge in [0.05, 0.1) is 18.1 Å². The third kappa shape index (κ3) is 4.00. The molecule has 1 atom stereocenters. The summed E-state index contributed by atoms with van der Waals surface area (Å²) >= 11 is 0. The number of morpholine rings is 1. The minimum atomic E-state index is -0.340. The standard InChI is InChI=1S/C15H27N5O3/c1-5-12-14(20(21)22)15(18(4)17-12)16-10-13(11(2)3)19-6-8-23-9-7-19/h11,13,16H,5-10H2,1-4H3. The molecule has 2 heterocycles. The van der Waals surface area contributed by atoms with Crippen LogP contribution in [0.3, 0.4) is 0 Å². The average molecular weight is 325 g/mol. The Morgan fingerprint density at radius 3 is 2.57 bits per heavy atom. The number of nitro groups is 1. The van der Waals surface area contributed by atoms with Gasteiger partial charge < -0.3 is 10.1 Å². The average Bonchev–Trinajstić information content (AvgIpc) is 2.84. The SMILES string of the molecule is CCc1nn(C)c(NCC(C(C)C)N2CCOCC2)c1[N+](=O)[O-]. The van der Waals surface area contributed by atoms with E-state index in [1.165, 1.54) is 0 Å². The second kappa shape index (κ2) is 7.74. The highest BCUT2D eigenvalue weighted by molar-refractivity contribution is 5.59. The molecular formula is C15H27N5O3. The third-order valence-corrected chi connectivity index (χ3v) is 4.37. The number of nitrogens with one attached hydrogen (secondary N) is 1. The van der Waals surface area contributed by atoms with Gasteiger partial charge in [0.25, 0.3) is 0 Å². The molecule has 1 N–H and O–H groups in total. The van der Waals surface area contributed by atoms with Gasteiger partial charge in [0.15, 0.2) is 0 Å². The zero-order valence-electron chi connectivity index (χ0n) is 14.4. The van der Waals surface area contributed by atoms with Gasteiger partial charge in [-0.15, -0.1) is 0 Å². The Kier molecular flexibility index (Phi) is 5.95. The highest BCUT2D eigenvalue weighted by Gasteiger charge is 2.28. The third-order valence-electron chi connectivity index (χ3n) is 4.37. The summed E-state index contributed by atoms with van der Waals surface area (Å²) in [6.45, 7) is 10.2. The van der Waals surface area contributed by atoms with Crippen molar-refractivity contribution in [2.45, 2.75) is 33.2 Å². The Balaban J connectivity index is 2.14. The van der Waals surface area contributed by atoms with Crippen LogP contribution in [0, 0.1) is 16.0 Å². The maximum Gasteiger partial charge on any atom is 0.333 e. The van der Waals surface area contributed by atoms with E-state index in [1.807, 2.05) is 6.92 Å². The first-order chi connectivity index (χ1) is 11.0. The number of anilines is 1. The summed E-state index contributed by atoms with van der Waals surface area (Å²) in [6, 6.07) is 0.304. The molecule has 0 aromatic carbocycles. The number of ether oxygens (including phenoxy) is 1. The van der Waals surface area contributed by atoms with Gasteiger partial charge in [0.2, 0.25) is 5.82 Å². The van der Waals surface area contributed by atoms with E-state index in [2.05, 4.69) is 29.2 Å². The van der Waals surface area contributed by atoms with E-state index in [0.29, 0.717) is 36.4 Å². The summed E-state index contributed by atoms with van der Waals surface area (Å²) in [4.78, 5) is 13.4. The second-order valence-corrected chi connectivity index (χ2v) is 6.22. The first-order valence-electron chi connectivity index (χ1n) is 8.21. The predicted molar refractivity (Wildman–Crippen MR) is 88.7 cm³/mol. The summed E-state index contributed by atoms with van der Waals surface area (Å²) in [5, 5.41) is 18.9. The highest BCUT2D eigenvalue weighted by atomic mass is 16.6. The van der Waals surface area contributed by atoms with Crippen molar-refractivity contribution < 1.29 is 9.66 Å². The van der Waals surface area contributed by atoms with Crippen molar-refractivity contribution >= 4 is 11.5 Å². The Hall–Kier alpha value is -1.67. The van der Waals surface area contributed by atoms with Crippen LogP contribution in [0.4, 0.5) is 11.5 Å². The molecule has 1 aromatic rings. The van der Waals surface area contributed by atoms with Crippen LogP contribution in [0.25, 0.3) is 0 Å². The summed E-state index contributed by atoms with van der Waals surface area (Å²) < 4.78 is 6.99. The molecule has 0 saturated carbocycles. The fraction of sp³-hybridized carbons (Fsp3) is 0.800. The Labute approximate surface area is 136 Å². The summed E-state index contributed by atoms with van der Waals surface area (Å²) in [6.07, 6.45) is 0.545. The van der Waals surface area contributed by atoms with Gasteiger partial charge in [-0.1, -0.05) is 20.8 Å². The molecule has 1 saturated heterocycles. The van der Waals surface area contributed by atoms with E-state index in [1.54, 1.807) is 11.7 Å². The van der Waals surface area contributed by atoms with E-state index in [-0.39, 0.29) is 10.6 Å². The lowest BCUT2D eigenvalue weighted by Crippen LogP contribution is -2.49. The van der Waals surface area contributed by atoms with Gasteiger partial charge in [-0.3, -0.25) is 15.0 Å². The van der Waals surface area contributed by atoms with Gasteiger partial charge in [0, 0.05) is 32.7 Å². The normalized spacial score (nSPS) is 17.4. The van der Waals surface area contributed by atoms with Crippen LogP contribution < -0.4 is 5.32 Å². The molecule has 1 aromatic heterocycles. The van der Waals surface area contributed by atoms with Crippen LogP contribution in [0.5, 0.6) is 0 Å². The molecule has 0 radical (unpaired) electrons. The molecule has 1 fully saturated rings. The lowest BCUT2D eigenvalue weighted by Gasteiger charge is -2.37. The molecule has 0 bridgehead atoms. The van der Waals surface area contributed by atoms with Crippen molar-refractivity contribution in [2.75, 3.05) is 38.2 Å². The van der Waals surface area contributed by atoms with Gasteiger partial charge in [-0.2, -0.15) is 5.10 Å². The number of hydrogen-bond donors (Lipinski definition) is 1. The second-order valence-electron chi connectivity index (χ2n) is 6.22. The lowest BCUT2D eigenvalue weighted by molar-refractivity contribution is -0.384. The highest BCUT2D eigenvalue weighted by Crippen LogP contribution is 2.28. The molecule has 130 valence electrons. The minimum absolute atomic E-state index is 0.0967. The largest absolute Gasteiger partial charge is 0.379 e. The predicted octanol–water partition coefficient (Wildman–Crippen LogP) is 1.66. The molecule has 8 heteroatoms. The maximum atomic E-state index is 11.4. The summed E-state index contributed by atoms with van der Waals surface area (Å²) in [5.74, 6) is 0.935. The fourth-order valence-electron chi connectivity index (χ4n) is 3.09. The van der Waals surface area contributed by atoms with Crippen molar-refractivity contribution in [3.05, 3.63) is 15.8 Å². The topological polar surface area (TPSA) is 85.5 Å². The Morgan fingerprint density at radius 2 is 2.04 bits per heavy atom. The van der Waals surface area contributed by atoms with Crippen LogP contribution in [0.1, 0.15) is 26.5 Å². The van der Waals surface area contributed by atoms with E-state index >= 15 is 0 Å². The monoisotopic (exact) mass is 325 g/mol. The number of nitrogens with zero attached hydrogens (tertiary/aromatic N) is 4. The van der Waals surface area contributed by atoms with Gasteiger partial charge in [-0.25, -0.2) is 4.68 Å². The molecule has 0 amide bonds. The molecule has 0 aliphatic carbocycles. The number of aromatic nitrogens is 2. The molecule has 0 spiro atoms. The van der Waals surface area contributed by atoms with E-state index < -0.39 is 0 Å². The quantitative estimate of drug-likeness (QED) is 0.606. The van der Waals surface area contributed by atoms with Crippen molar-refractivity contribution in [3.63, 3.8) is 0 Å². The summed E-state index contributed by atoms with van der Waals surface area (Å²) in [7, 11) is 1.74. The molecule has 1 aliphatic heterocycles. The molecule has 23 heavy (non-hydrogen) atoms. The molecular weight excluding hydrogens is 298 g/mol. The molecule has 8 nitrogen and oxygen atoms in total. The number of rotatable bonds is 7. The minimum Gasteiger partial charge on any atom is -0.379 e. The van der Waals surface area contributed by atoms with Crippen LogP contribution in [0.2, 0.25) is 0 Å². The number of aryl methyl sites for hydroxylation is 2. The zero-order chi connectivity index (χ0) is 17.0. The summed E-state index contributed by atoms with van der Waals surface area (Å²) in [5.41, 5.74) is 0.618. The first-order valence-corrected chi connectivity index (χ1v) is 8.21. The van der Waals surface area contributed by atoms with Crippen LogP contribution in [0.15, 0.2) is 0 Å². The van der Waals surface area contributed by atoms with Crippen LogP contribution in [-0.4, -0.2) is 58.5 Å². The Bertz CT molecular complexity index is 537. The van der Waals surface area contributed by atoms with Crippen molar-refractivity contribution in [2.24, 2.45) is 13.0 Å². The first kappa shape index (κ1) is 17.7.